The molecule has 2 N–H and O–H groups in total. The zero-order chi connectivity index (χ0) is 15.4. The molecule has 2 aromatic rings. The van der Waals surface area contributed by atoms with Gasteiger partial charge in [0.1, 0.15) is 6.33 Å². The molecule has 0 aromatic carbocycles. The Morgan fingerprint density at radius 2 is 2.24 bits per heavy atom. The summed E-state index contributed by atoms with van der Waals surface area (Å²) >= 11 is 0. The normalized spacial score (nSPS) is 12.1. The number of hydrogen-bond donors (Lipinski definition) is 2. The molecule has 0 aliphatic rings. The van der Waals surface area contributed by atoms with E-state index in [0.29, 0.717) is 17.9 Å². The first kappa shape index (κ1) is 14.9. The van der Waals surface area contributed by atoms with E-state index in [1.807, 2.05) is 6.92 Å². The standard InChI is InChI=1S/C12H15N5O4/c1-3-9-7(4-13-12-14-6-15-17(9)12)10(19)16-8(5-18)11(20)21-2/h4,6,8,18H,3,5H2,1-2H3,(H,16,19). The van der Waals surface area contributed by atoms with Crippen molar-refractivity contribution in [2.45, 2.75) is 19.4 Å². The molecule has 0 spiro atoms. The maximum Gasteiger partial charge on any atom is 0.330 e. The fourth-order valence-electron chi connectivity index (χ4n) is 1.91. The largest absolute Gasteiger partial charge is 0.467 e. The molecule has 9 heteroatoms. The van der Waals surface area contributed by atoms with Gasteiger partial charge in [0.05, 0.1) is 25.0 Å². The maximum atomic E-state index is 12.2. The number of aliphatic hydroxyl groups is 1. The van der Waals surface area contributed by atoms with Gasteiger partial charge in [0.15, 0.2) is 6.04 Å². The second kappa shape index (κ2) is 6.27. The number of nitrogens with one attached hydrogen (secondary N) is 1. The highest BCUT2D eigenvalue weighted by molar-refractivity contribution is 5.97. The van der Waals surface area contributed by atoms with E-state index in [1.54, 1.807) is 0 Å². The molecule has 0 saturated carbocycles. The molecule has 0 aliphatic carbocycles. The summed E-state index contributed by atoms with van der Waals surface area (Å²) < 4.78 is 5.96. The summed E-state index contributed by atoms with van der Waals surface area (Å²) in [4.78, 5) is 31.6. The molecule has 0 radical (unpaired) electrons. The molecule has 0 fully saturated rings. The van der Waals surface area contributed by atoms with Crippen molar-refractivity contribution in [3.63, 3.8) is 0 Å². The van der Waals surface area contributed by atoms with Gasteiger partial charge in [-0.2, -0.15) is 10.1 Å². The minimum atomic E-state index is -1.13. The van der Waals surface area contributed by atoms with E-state index >= 15 is 0 Å². The molecule has 112 valence electrons. The summed E-state index contributed by atoms with van der Waals surface area (Å²) in [5, 5.41) is 15.5. The molecule has 0 aliphatic heterocycles. The predicted molar refractivity (Wildman–Crippen MR) is 70.5 cm³/mol. The highest BCUT2D eigenvalue weighted by Gasteiger charge is 2.23. The van der Waals surface area contributed by atoms with Gasteiger partial charge in [0.2, 0.25) is 0 Å². The van der Waals surface area contributed by atoms with E-state index in [9.17, 15) is 9.59 Å². The Morgan fingerprint density at radius 1 is 1.48 bits per heavy atom. The van der Waals surface area contributed by atoms with Gasteiger partial charge in [-0.25, -0.2) is 14.3 Å². The fourth-order valence-corrected chi connectivity index (χ4v) is 1.91. The molecule has 1 amide bonds. The number of fused-ring (bicyclic) bond motifs is 1. The van der Waals surface area contributed by atoms with Crippen molar-refractivity contribution in [2.24, 2.45) is 0 Å². The van der Waals surface area contributed by atoms with Crippen LogP contribution < -0.4 is 5.32 Å². The van der Waals surface area contributed by atoms with Gasteiger partial charge < -0.3 is 15.2 Å². The highest BCUT2D eigenvalue weighted by atomic mass is 16.5. The van der Waals surface area contributed by atoms with Crippen LogP contribution in [-0.4, -0.2) is 56.3 Å². The van der Waals surface area contributed by atoms with Crippen molar-refractivity contribution in [1.82, 2.24) is 24.9 Å². The van der Waals surface area contributed by atoms with Gasteiger partial charge in [0, 0.05) is 6.20 Å². The summed E-state index contributed by atoms with van der Waals surface area (Å²) in [6, 6.07) is -1.13. The van der Waals surface area contributed by atoms with Crippen molar-refractivity contribution in [1.29, 1.82) is 0 Å². The zero-order valence-corrected chi connectivity index (χ0v) is 11.6. The Kier molecular flexibility index (Phi) is 4.43. The number of carbonyl (C=O) groups is 2. The van der Waals surface area contributed by atoms with Crippen LogP contribution in [0.2, 0.25) is 0 Å². The Hall–Kier alpha value is -2.55. The van der Waals surface area contributed by atoms with Gasteiger partial charge in [-0.1, -0.05) is 6.92 Å². The van der Waals surface area contributed by atoms with Crippen molar-refractivity contribution >= 4 is 17.7 Å². The third kappa shape index (κ3) is 2.82. The highest BCUT2D eigenvalue weighted by Crippen LogP contribution is 2.10. The number of methoxy groups -OCH3 is 1. The number of ether oxygens (including phenoxy) is 1. The minimum absolute atomic E-state index is 0.262. The molecule has 2 rings (SSSR count). The molecule has 2 aromatic heterocycles. The minimum Gasteiger partial charge on any atom is -0.467 e. The second-order valence-electron chi connectivity index (χ2n) is 4.18. The van der Waals surface area contributed by atoms with Gasteiger partial charge >= 0.3 is 5.97 Å². The quantitative estimate of drug-likeness (QED) is 0.675. The number of aliphatic hydroxyl groups excluding tert-OH is 1. The number of amides is 1. The molecular formula is C12H15N5O4. The van der Waals surface area contributed by atoms with Crippen molar-refractivity contribution < 1.29 is 19.4 Å². The van der Waals surface area contributed by atoms with E-state index in [2.05, 4.69) is 25.1 Å². The van der Waals surface area contributed by atoms with E-state index in [4.69, 9.17) is 5.11 Å². The molecule has 1 atom stereocenters. The molecule has 0 bridgehead atoms. The van der Waals surface area contributed by atoms with E-state index in [1.165, 1.54) is 24.1 Å². The Labute approximate surface area is 120 Å². The van der Waals surface area contributed by atoms with Gasteiger partial charge in [-0.05, 0) is 6.42 Å². The van der Waals surface area contributed by atoms with Crippen LogP contribution in [0, 0.1) is 0 Å². The lowest BCUT2D eigenvalue weighted by Crippen LogP contribution is -2.44. The van der Waals surface area contributed by atoms with Gasteiger partial charge in [-0.3, -0.25) is 4.79 Å². The number of hydrogen-bond acceptors (Lipinski definition) is 7. The summed E-state index contributed by atoms with van der Waals surface area (Å²) in [7, 11) is 1.18. The van der Waals surface area contributed by atoms with Crippen LogP contribution in [0.1, 0.15) is 23.0 Å². The fraction of sp³-hybridized carbons (Fsp3) is 0.417. The first-order chi connectivity index (χ1) is 10.1. The lowest BCUT2D eigenvalue weighted by atomic mass is 10.1. The Morgan fingerprint density at radius 3 is 2.86 bits per heavy atom. The van der Waals surface area contributed by atoms with Crippen LogP contribution in [-0.2, 0) is 16.0 Å². The lowest BCUT2D eigenvalue weighted by molar-refractivity contribution is -0.143. The third-order valence-corrected chi connectivity index (χ3v) is 2.96. The number of rotatable bonds is 5. The summed E-state index contributed by atoms with van der Waals surface area (Å²) in [6.45, 7) is 1.30. The SMILES string of the molecule is CCc1c(C(=O)NC(CO)C(=O)OC)cnc2ncnn12. The topological polar surface area (TPSA) is 119 Å². The molecule has 0 saturated heterocycles. The molecule has 1 unspecified atom stereocenters. The van der Waals surface area contributed by atoms with Crippen LogP contribution in [0.25, 0.3) is 5.78 Å². The number of nitrogens with zero attached hydrogens (tertiary/aromatic N) is 4. The molecule has 9 nitrogen and oxygen atoms in total. The van der Waals surface area contributed by atoms with Crippen LogP contribution in [0.3, 0.4) is 0 Å². The number of aromatic nitrogens is 4. The first-order valence-electron chi connectivity index (χ1n) is 6.29. The predicted octanol–water partition coefficient (Wildman–Crippen LogP) is -1.05. The molecular weight excluding hydrogens is 278 g/mol. The lowest BCUT2D eigenvalue weighted by Gasteiger charge is -2.15. The summed E-state index contributed by atoms with van der Waals surface area (Å²) in [5.41, 5.74) is 0.870. The van der Waals surface area contributed by atoms with Gasteiger partial charge in [0.25, 0.3) is 11.7 Å². The first-order valence-corrected chi connectivity index (χ1v) is 6.29. The van der Waals surface area contributed by atoms with E-state index in [0.717, 1.165) is 0 Å². The number of aryl methyl sites for hydroxylation is 1. The Balaban J connectivity index is 2.32. The second-order valence-corrected chi connectivity index (χ2v) is 4.18. The van der Waals surface area contributed by atoms with Crippen molar-refractivity contribution in [3.05, 3.63) is 23.8 Å². The van der Waals surface area contributed by atoms with E-state index < -0.39 is 24.5 Å². The number of esters is 1. The van der Waals surface area contributed by atoms with Crippen LogP contribution in [0.15, 0.2) is 12.5 Å². The summed E-state index contributed by atoms with van der Waals surface area (Å²) in [5.74, 6) is -0.880. The molecule has 21 heavy (non-hydrogen) atoms. The van der Waals surface area contributed by atoms with Crippen molar-refractivity contribution in [2.75, 3.05) is 13.7 Å². The zero-order valence-electron chi connectivity index (χ0n) is 11.6. The maximum absolute atomic E-state index is 12.2. The van der Waals surface area contributed by atoms with Crippen LogP contribution in [0.4, 0.5) is 0 Å². The average molecular weight is 293 g/mol. The molecule has 2 heterocycles. The smallest absolute Gasteiger partial charge is 0.330 e. The monoisotopic (exact) mass is 293 g/mol. The average Bonchev–Trinajstić information content (AvgIpc) is 2.98. The number of carbonyl (C=O) groups excluding carboxylic acids is 2. The Bertz CT molecular complexity index is 669. The van der Waals surface area contributed by atoms with E-state index in [-0.39, 0.29) is 5.56 Å². The third-order valence-electron chi connectivity index (χ3n) is 2.96. The van der Waals surface area contributed by atoms with Crippen LogP contribution >= 0.6 is 0 Å². The van der Waals surface area contributed by atoms with Gasteiger partial charge in [-0.15, -0.1) is 0 Å². The van der Waals surface area contributed by atoms with Crippen LogP contribution in [0.5, 0.6) is 0 Å². The van der Waals surface area contributed by atoms with Crippen molar-refractivity contribution in [3.8, 4) is 0 Å². The summed E-state index contributed by atoms with van der Waals surface area (Å²) in [6.07, 6.45) is 3.23.